The van der Waals surface area contributed by atoms with Crippen LogP contribution in [0.25, 0.3) is 0 Å². The summed E-state index contributed by atoms with van der Waals surface area (Å²) in [5.74, 6) is -0.486. The zero-order valence-corrected chi connectivity index (χ0v) is 14.8. The van der Waals surface area contributed by atoms with Crippen molar-refractivity contribution in [3.8, 4) is 0 Å². The van der Waals surface area contributed by atoms with Crippen LogP contribution in [0.1, 0.15) is 18.7 Å². The normalized spacial score (nSPS) is 12.6. The van der Waals surface area contributed by atoms with Crippen molar-refractivity contribution in [3.05, 3.63) is 50.9 Å². The monoisotopic (exact) mass is 391 g/mol. The van der Waals surface area contributed by atoms with Gasteiger partial charge in [0, 0.05) is 21.3 Å². The number of hydrogen-bond donors (Lipinski definition) is 1. The van der Waals surface area contributed by atoms with Crippen molar-refractivity contribution >= 4 is 37.3 Å². The Kier molecular flexibility index (Phi) is 4.87. The molecule has 21 heavy (non-hydrogen) atoms. The van der Waals surface area contributed by atoms with Gasteiger partial charge in [-0.1, -0.05) is 19.9 Å². The zero-order valence-electron chi connectivity index (χ0n) is 11.6. The van der Waals surface area contributed by atoms with E-state index in [0.717, 1.165) is 17.0 Å². The molecule has 1 N–H and O–H groups in total. The van der Waals surface area contributed by atoms with Gasteiger partial charge in [-0.2, -0.15) is 0 Å². The number of rotatable bonds is 5. The number of sulfonamides is 1. The molecule has 0 spiro atoms. The van der Waals surface area contributed by atoms with Gasteiger partial charge in [0.15, 0.2) is 0 Å². The summed E-state index contributed by atoms with van der Waals surface area (Å²) in [7, 11) is -3.69. The van der Waals surface area contributed by atoms with Gasteiger partial charge in [0.05, 0.1) is 4.90 Å². The summed E-state index contributed by atoms with van der Waals surface area (Å²) < 4.78 is 40.5. The molecule has 0 unspecified atom stereocenters. The van der Waals surface area contributed by atoms with Crippen molar-refractivity contribution in [3.63, 3.8) is 0 Å². The lowest BCUT2D eigenvalue weighted by Gasteiger charge is -2.23. The molecule has 7 heteroatoms. The third-order valence-corrected chi connectivity index (χ3v) is 6.69. The summed E-state index contributed by atoms with van der Waals surface area (Å²) in [5, 5.41) is 1.96. The molecule has 0 saturated heterocycles. The number of benzene rings is 1. The predicted molar refractivity (Wildman–Crippen MR) is 86.6 cm³/mol. The van der Waals surface area contributed by atoms with Gasteiger partial charge in [0.25, 0.3) is 0 Å². The van der Waals surface area contributed by atoms with Crippen LogP contribution < -0.4 is 4.72 Å². The van der Waals surface area contributed by atoms with Gasteiger partial charge in [-0.25, -0.2) is 17.5 Å². The van der Waals surface area contributed by atoms with Gasteiger partial charge in [0.2, 0.25) is 10.0 Å². The highest BCUT2D eigenvalue weighted by molar-refractivity contribution is 9.10. The minimum atomic E-state index is -3.69. The van der Waals surface area contributed by atoms with Crippen LogP contribution in [0.3, 0.4) is 0 Å². The third-order valence-electron chi connectivity index (χ3n) is 3.08. The highest BCUT2D eigenvalue weighted by Crippen LogP contribution is 2.28. The van der Waals surface area contributed by atoms with E-state index in [4.69, 9.17) is 0 Å². The Bertz CT molecular complexity index is 727. The third kappa shape index (κ3) is 3.91. The standard InChI is InChI=1S/C14H15BrFNO2S2/c1-14(2,13-4-3-7-20-13)9-17-21(18,19)12-6-5-10(16)8-11(12)15/h3-8,17H,9H2,1-2H3. The minimum Gasteiger partial charge on any atom is -0.210 e. The van der Waals surface area contributed by atoms with Gasteiger partial charge < -0.3 is 0 Å². The van der Waals surface area contributed by atoms with Gasteiger partial charge >= 0.3 is 0 Å². The van der Waals surface area contributed by atoms with Gasteiger partial charge in [-0.3, -0.25) is 0 Å². The van der Waals surface area contributed by atoms with Crippen LogP contribution in [0.4, 0.5) is 4.39 Å². The quantitative estimate of drug-likeness (QED) is 0.839. The number of nitrogens with one attached hydrogen (secondary N) is 1. The second kappa shape index (κ2) is 6.16. The first kappa shape index (κ1) is 16.6. The Hall–Kier alpha value is -0.760. The Labute approximate surface area is 136 Å². The van der Waals surface area contributed by atoms with Crippen LogP contribution in [0.15, 0.2) is 45.1 Å². The van der Waals surface area contributed by atoms with Crippen LogP contribution in [0, 0.1) is 5.82 Å². The van der Waals surface area contributed by atoms with Crippen molar-refractivity contribution in [2.45, 2.75) is 24.2 Å². The lowest BCUT2D eigenvalue weighted by Crippen LogP contribution is -2.36. The Morgan fingerprint density at radius 1 is 1.33 bits per heavy atom. The van der Waals surface area contributed by atoms with Crippen LogP contribution in [-0.4, -0.2) is 15.0 Å². The van der Waals surface area contributed by atoms with E-state index >= 15 is 0 Å². The van der Waals surface area contributed by atoms with E-state index in [1.165, 1.54) is 6.07 Å². The molecular formula is C14H15BrFNO2S2. The molecule has 0 fully saturated rings. The summed E-state index contributed by atoms with van der Waals surface area (Å²) in [6.45, 7) is 4.21. The van der Waals surface area contributed by atoms with E-state index in [0.29, 0.717) is 0 Å². The fraction of sp³-hybridized carbons (Fsp3) is 0.286. The number of hydrogen-bond acceptors (Lipinski definition) is 3. The van der Waals surface area contributed by atoms with Gasteiger partial charge in [0.1, 0.15) is 5.82 Å². The van der Waals surface area contributed by atoms with Crippen molar-refractivity contribution in [2.75, 3.05) is 6.54 Å². The molecule has 0 aliphatic rings. The number of halogens is 2. The maximum absolute atomic E-state index is 13.1. The summed E-state index contributed by atoms with van der Waals surface area (Å²) in [6, 6.07) is 7.43. The average molecular weight is 392 g/mol. The topological polar surface area (TPSA) is 46.2 Å². The maximum Gasteiger partial charge on any atom is 0.241 e. The molecule has 0 atom stereocenters. The van der Waals surface area contributed by atoms with Crippen LogP contribution >= 0.6 is 27.3 Å². The van der Waals surface area contributed by atoms with Gasteiger partial charge in [-0.05, 0) is 45.6 Å². The first-order chi connectivity index (χ1) is 9.72. The molecule has 1 aromatic carbocycles. The van der Waals surface area contributed by atoms with Crippen LogP contribution in [-0.2, 0) is 15.4 Å². The van der Waals surface area contributed by atoms with Crippen molar-refractivity contribution in [1.29, 1.82) is 0 Å². The summed E-state index contributed by atoms with van der Waals surface area (Å²) in [4.78, 5) is 1.13. The van der Waals surface area contributed by atoms with Gasteiger partial charge in [-0.15, -0.1) is 11.3 Å². The molecule has 0 aliphatic heterocycles. The maximum atomic E-state index is 13.1. The molecule has 0 amide bonds. The second-order valence-corrected chi connectivity index (χ2v) is 8.80. The number of thiophene rings is 1. The predicted octanol–water partition coefficient (Wildman–Crippen LogP) is 3.91. The van der Waals surface area contributed by atoms with E-state index in [9.17, 15) is 12.8 Å². The van der Waals surface area contributed by atoms with E-state index < -0.39 is 15.8 Å². The minimum absolute atomic E-state index is 0.0332. The molecule has 0 saturated carbocycles. The van der Waals surface area contributed by atoms with Crippen molar-refractivity contribution in [2.24, 2.45) is 0 Å². The molecule has 0 bridgehead atoms. The highest BCUT2D eigenvalue weighted by atomic mass is 79.9. The summed E-state index contributed by atoms with van der Waals surface area (Å²) in [5.41, 5.74) is -0.312. The Morgan fingerprint density at radius 3 is 2.62 bits per heavy atom. The molecule has 0 aliphatic carbocycles. The van der Waals surface area contributed by atoms with E-state index in [1.807, 2.05) is 31.4 Å². The van der Waals surface area contributed by atoms with E-state index in [2.05, 4.69) is 20.7 Å². The lowest BCUT2D eigenvalue weighted by molar-refractivity contribution is 0.509. The first-order valence-corrected chi connectivity index (χ1v) is 9.37. The van der Waals surface area contributed by atoms with Crippen LogP contribution in [0.2, 0.25) is 0 Å². The Balaban J connectivity index is 2.19. The zero-order chi connectivity index (χ0) is 15.7. The fourth-order valence-electron chi connectivity index (χ4n) is 1.80. The molecule has 114 valence electrons. The SMILES string of the molecule is CC(C)(CNS(=O)(=O)c1ccc(F)cc1Br)c1cccs1. The molecule has 1 heterocycles. The molecule has 2 rings (SSSR count). The summed E-state index contributed by atoms with van der Waals surface area (Å²) >= 11 is 4.67. The first-order valence-electron chi connectivity index (χ1n) is 6.21. The second-order valence-electron chi connectivity index (χ2n) is 5.26. The fourth-order valence-corrected chi connectivity index (χ4v) is 4.91. The molecule has 1 aromatic heterocycles. The summed E-state index contributed by atoms with van der Waals surface area (Å²) in [6.07, 6.45) is 0. The Morgan fingerprint density at radius 2 is 2.05 bits per heavy atom. The highest BCUT2D eigenvalue weighted by Gasteiger charge is 2.26. The van der Waals surface area contributed by atoms with Crippen LogP contribution in [0.5, 0.6) is 0 Å². The molecule has 3 nitrogen and oxygen atoms in total. The van der Waals surface area contributed by atoms with Crippen molar-refractivity contribution < 1.29 is 12.8 Å². The average Bonchev–Trinajstić information content (AvgIpc) is 2.91. The molecule has 2 aromatic rings. The molecular weight excluding hydrogens is 377 g/mol. The van der Waals surface area contributed by atoms with E-state index in [1.54, 1.807) is 11.3 Å². The lowest BCUT2D eigenvalue weighted by atomic mass is 9.92. The van der Waals surface area contributed by atoms with E-state index in [-0.39, 0.29) is 21.3 Å². The van der Waals surface area contributed by atoms with Crippen molar-refractivity contribution in [1.82, 2.24) is 4.72 Å². The largest absolute Gasteiger partial charge is 0.241 e. The smallest absolute Gasteiger partial charge is 0.210 e. The molecule has 0 radical (unpaired) electrons.